The second-order valence-corrected chi connectivity index (χ2v) is 6.29. The lowest BCUT2D eigenvalue weighted by atomic mass is 10.2. The van der Waals surface area contributed by atoms with Gasteiger partial charge in [-0.1, -0.05) is 18.3 Å². The molecule has 1 aromatic heterocycles. The summed E-state index contributed by atoms with van der Waals surface area (Å²) < 4.78 is 6.51. The van der Waals surface area contributed by atoms with Crippen molar-refractivity contribution in [1.29, 1.82) is 0 Å². The Bertz CT molecular complexity index is 921. The fourth-order valence-electron chi connectivity index (χ4n) is 2.17. The van der Waals surface area contributed by atoms with E-state index in [1.165, 1.54) is 35.6 Å². The maximum Gasteiger partial charge on any atom is 0.269 e. The summed E-state index contributed by atoms with van der Waals surface area (Å²) >= 11 is 1.35. The van der Waals surface area contributed by atoms with Gasteiger partial charge in [-0.3, -0.25) is 20.2 Å². The summed E-state index contributed by atoms with van der Waals surface area (Å²) in [4.78, 5) is 26.8. The van der Waals surface area contributed by atoms with Crippen LogP contribution in [0.4, 0.5) is 10.8 Å². The summed E-state index contributed by atoms with van der Waals surface area (Å²) in [6.07, 6.45) is 0.922. The van der Waals surface area contributed by atoms with Gasteiger partial charge in [0.1, 0.15) is 5.75 Å². The van der Waals surface area contributed by atoms with Crippen molar-refractivity contribution in [2.45, 2.75) is 13.3 Å². The van der Waals surface area contributed by atoms with Gasteiger partial charge in [-0.15, -0.1) is 0 Å². The summed E-state index contributed by atoms with van der Waals surface area (Å²) in [6, 6.07) is 11.0. The average molecular weight is 357 g/mol. The molecule has 3 rings (SSSR count). The van der Waals surface area contributed by atoms with E-state index in [2.05, 4.69) is 10.3 Å². The number of rotatable bonds is 6. The van der Waals surface area contributed by atoms with Crippen LogP contribution in [-0.2, 0) is 0 Å². The number of ether oxygens (including phenoxy) is 1. The fourth-order valence-corrected chi connectivity index (χ4v) is 3.02. The van der Waals surface area contributed by atoms with Gasteiger partial charge < -0.3 is 4.74 Å². The van der Waals surface area contributed by atoms with Crippen LogP contribution in [-0.4, -0.2) is 22.4 Å². The van der Waals surface area contributed by atoms with E-state index in [4.69, 9.17) is 4.74 Å². The molecule has 1 N–H and O–H groups in total. The molecule has 0 bridgehead atoms. The number of thiazole rings is 1. The molecule has 25 heavy (non-hydrogen) atoms. The number of nitrogens with one attached hydrogen (secondary N) is 1. The van der Waals surface area contributed by atoms with Gasteiger partial charge in [0.05, 0.1) is 21.7 Å². The fraction of sp³-hybridized carbons (Fsp3) is 0.176. The van der Waals surface area contributed by atoms with E-state index in [0.29, 0.717) is 17.3 Å². The normalized spacial score (nSPS) is 10.6. The van der Waals surface area contributed by atoms with E-state index >= 15 is 0 Å². The van der Waals surface area contributed by atoms with Crippen molar-refractivity contribution in [3.8, 4) is 5.75 Å². The van der Waals surface area contributed by atoms with E-state index in [1.54, 1.807) is 0 Å². The quantitative estimate of drug-likeness (QED) is 0.526. The zero-order valence-electron chi connectivity index (χ0n) is 13.4. The van der Waals surface area contributed by atoms with Crippen LogP contribution in [0.15, 0.2) is 42.5 Å². The summed E-state index contributed by atoms with van der Waals surface area (Å²) in [5, 5.41) is 13.8. The number of nitro benzene ring substituents is 1. The highest BCUT2D eigenvalue weighted by Gasteiger charge is 2.12. The van der Waals surface area contributed by atoms with Crippen molar-refractivity contribution >= 4 is 38.3 Å². The van der Waals surface area contributed by atoms with Crippen LogP contribution in [0.5, 0.6) is 5.75 Å². The third-order valence-corrected chi connectivity index (χ3v) is 4.34. The van der Waals surface area contributed by atoms with Crippen molar-refractivity contribution in [3.63, 3.8) is 0 Å². The minimum atomic E-state index is -0.507. The maximum absolute atomic E-state index is 12.2. The van der Waals surface area contributed by atoms with Crippen molar-refractivity contribution in [1.82, 2.24) is 4.98 Å². The van der Waals surface area contributed by atoms with Crippen molar-refractivity contribution in [3.05, 3.63) is 58.1 Å². The number of nitro groups is 1. The molecule has 2 aromatic carbocycles. The van der Waals surface area contributed by atoms with Crippen LogP contribution in [0.1, 0.15) is 23.7 Å². The van der Waals surface area contributed by atoms with Crippen LogP contribution in [0, 0.1) is 10.1 Å². The van der Waals surface area contributed by atoms with E-state index in [9.17, 15) is 14.9 Å². The van der Waals surface area contributed by atoms with Gasteiger partial charge in [0.25, 0.3) is 11.6 Å². The molecule has 8 heteroatoms. The van der Waals surface area contributed by atoms with Crippen molar-refractivity contribution in [2.75, 3.05) is 11.9 Å². The molecule has 0 aliphatic rings. The number of non-ortho nitro benzene ring substituents is 1. The smallest absolute Gasteiger partial charge is 0.269 e. The number of carbonyl (C=O) groups excluding carboxylic acids is 1. The minimum absolute atomic E-state index is 0.0591. The van der Waals surface area contributed by atoms with E-state index in [-0.39, 0.29) is 11.6 Å². The predicted octanol–water partition coefficient (Wildman–Crippen LogP) is 4.25. The Labute approximate surface area is 147 Å². The van der Waals surface area contributed by atoms with Gasteiger partial charge in [0, 0.05) is 23.8 Å². The molecule has 0 saturated heterocycles. The lowest BCUT2D eigenvalue weighted by Crippen LogP contribution is -2.11. The zero-order valence-corrected chi connectivity index (χ0v) is 14.2. The van der Waals surface area contributed by atoms with Gasteiger partial charge in [0.15, 0.2) is 5.13 Å². The molecule has 7 nitrogen and oxygen atoms in total. The highest BCUT2D eigenvalue weighted by atomic mass is 32.1. The standard InChI is InChI=1S/C17H15N3O4S/c1-2-9-24-13-7-8-15-14(10-13)18-17(25-15)19-16(21)11-3-5-12(6-4-11)20(22)23/h3-8,10H,2,9H2,1H3,(H,18,19,21). The van der Waals surface area contributed by atoms with Gasteiger partial charge in [-0.2, -0.15) is 0 Å². The van der Waals surface area contributed by atoms with Crippen LogP contribution in [0.2, 0.25) is 0 Å². The van der Waals surface area contributed by atoms with Gasteiger partial charge in [-0.25, -0.2) is 4.98 Å². The predicted molar refractivity (Wildman–Crippen MR) is 96.5 cm³/mol. The Kier molecular flexibility index (Phi) is 4.90. The number of anilines is 1. The summed E-state index contributed by atoms with van der Waals surface area (Å²) in [7, 11) is 0. The first-order valence-electron chi connectivity index (χ1n) is 7.66. The zero-order chi connectivity index (χ0) is 17.8. The third-order valence-electron chi connectivity index (χ3n) is 3.39. The Hall–Kier alpha value is -3.00. The van der Waals surface area contributed by atoms with Crippen LogP contribution in [0.25, 0.3) is 10.2 Å². The maximum atomic E-state index is 12.2. The molecular weight excluding hydrogens is 342 g/mol. The molecule has 0 aliphatic heterocycles. The van der Waals surface area contributed by atoms with E-state index in [0.717, 1.165) is 22.4 Å². The Balaban J connectivity index is 1.75. The molecule has 0 spiro atoms. The average Bonchev–Trinajstić information content (AvgIpc) is 3.01. The number of benzene rings is 2. The lowest BCUT2D eigenvalue weighted by molar-refractivity contribution is -0.384. The monoisotopic (exact) mass is 357 g/mol. The highest BCUT2D eigenvalue weighted by molar-refractivity contribution is 7.22. The highest BCUT2D eigenvalue weighted by Crippen LogP contribution is 2.29. The third kappa shape index (κ3) is 3.92. The first kappa shape index (κ1) is 16.8. The molecule has 0 aliphatic carbocycles. The molecule has 0 radical (unpaired) electrons. The molecule has 3 aromatic rings. The van der Waals surface area contributed by atoms with Gasteiger partial charge >= 0.3 is 0 Å². The van der Waals surface area contributed by atoms with Crippen LogP contribution >= 0.6 is 11.3 Å². The Morgan fingerprint density at radius 1 is 1.28 bits per heavy atom. The first-order valence-corrected chi connectivity index (χ1v) is 8.47. The molecule has 0 saturated carbocycles. The summed E-state index contributed by atoms with van der Waals surface area (Å²) in [6.45, 7) is 2.67. The number of hydrogen-bond acceptors (Lipinski definition) is 6. The second kappa shape index (κ2) is 7.27. The lowest BCUT2D eigenvalue weighted by Gasteiger charge is -2.02. The van der Waals surface area contributed by atoms with Gasteiger partial charge in [-0.05, 0) is 30.7 Å². The number of nitrogens with zero attached hydrogens (tertiary/aromatic N) is 2. The van der Waals surface area contributed by atoms with E-state index < -0.39 is 4.92 Å². The molecule has 1 heterocycles. The molecule has 128 valence electrons. The number of fused-ring (bicyclic) bond motifs is 1. The molecular formula is C17H15N3O4S. The van der Waals surface area contributed by atoms with Gasteiger partial charge in [0.2, 0.25) is 0 Å². The SMILES string of the molecule is CCCOc1ccc2sc(NC(=O)c3ccc([N+](=O)[O-])cc3)nc2c1. The molecule has 0 fully saturated rings. The van der Waals surface area contributed by atoms with Crippen LogP contribution in [0.3, 0.4) is 0 Å². The number of carbonyl (C=O) groups is 1. The second-order valence-electron chi connectivity index (χ2n) is 5.26. The number of hydrogen-bond donors (Lipinski definition) is 1. The Morgan fingerprint density at radius 2 is 2.04 bits per heavy atom. The molecule has 0 unspecified atom stereocenters. The summed E-state index contributed by atoms with van der Waals surface area (Å²) in [5.41, 5.74) is 1.02. The topological polar surface area (TPSA) is 94.4 Å². The van der Waals surface area contributed by atoms with Crippen molar-refractivity contribution < 1.29 is 14.5 Å². The van der Waals surface area contributed by atoms with E-state index in [1.807, 2.05) is 25.1 Å². The number of amides is 1. The number of aromatic nitrogens is 1. The largest absolute Gasteiger partial charge is 0.494 e. The Morgan fingerprint density at radius 3 is 2.72 bits per heavy atom. The molecule has 0 atom stereocenters. The van der Waals surface area contributed by atoms with Crippen LogP contribution < -0.4 is 10.1 Å². The molecule has 1 amide bonds. The first-order chi connectivity index (χ1) is 12.1. The minimum Gasteiger partial charge on any atom is -0.494 e. The van der Waals surface area contributed by atoms with Crippen molar-refractivity contribution in [2.24, 2.45) is 0 Å². The summed E-state index contributed by atoms with van der Waals surface area (Å²) in [5.74, 6) is 0.379.